The van der Waals surface area contributed by atoms with E-state index in [1.165, 1.54) is 24.3 Å². The molecule has 0 aliphatic rings. The van der Waals surface area contributed by atoms with E-state index in [0.717, 1.165) is 6.26 Å². The SMILES string of the molecule is O=C(O)c1coc(CNc2ccc([N+](=O)[O-])cc2Cl)c1. The number of nitro groups is 1. The van der Waals surface area contributed by atoms with Crippen LogP contribution in [0.2, 0.25) is 5.02 Å². The molecule has 1 aromatic heterocycles. The minimum Gasteiger partial charge on any atom is -0.478 e. The number of carboxylic acids is 1. The van der Waals surface area contributed by atoms with Crippen molar-refractivity contribution in [2.45, 2.75) is 6.54 Å². The molecule has 0 spiro atoms. The molecule has 1 heterocycles. The third-order valence-corrected chi connectivity index (χ3v) is 2.83. The molecule has 0 bridgehead atoms. The third-order valence-electron chi connectivity index (χ3n) is 2.52. The van der Waals surface area contributed by atoms with Crippen LogP contribution in [0.3, 0.4) is 0 Å². The highest BCUT2D eigenvalue weighted by molar-refractivity contribution is 6.33. The zero-order valence-corrected chi connectivity index (χ0v) is 10.8. The molecule has 0 unspecified atom stereocenters. The number of nitro benzene ring substituents is 1. The lowest BCUT2D eigenvalue weighted by atomic mass is 10.2. The van der Waals surface area contributed by atoms with Gasteiger partial charge in [0.05, 0.1) is 27.7 Å². The Morgan fingerprint density at radius 3 is 2.75 bits per heavy atom. The van der Waals surface area contributed by atoms with Crippen molar-refractivity contribution in [1.29, 1.82) is 0 Å². The Balaban J connectivity index is 2.06. The van der Waals surface area contributed by atoms with Crippen LogP contribution in [0.4, 0.5) is 11.4 Å². The number of furan rings is 1. The van der Waals surface area contributed by atoms with Crippen LogP contribution in [0.15, 0.2) is 34.9 Å². The van der Waals surface area contributed by atoms with E-state index in [4.69, 9.17) is 21.1 Å². The molecule has 0 aliphatic heterocycles. The van der Waals surface area contributed by atoms with Gasteiger partial charge in [-0.2, -0.15) is 0 Å². The average molecular weight is 297 g/mol. The molecule has 0 fully saturated rings. The monoisotopic (exact) mass is 296 g/mol. The molecule has 8 heteroatoms. The minimum atomic E-state index is -1.08. The van der Waals surface area contributed by atoms with E-state index < -0.39 is 10.9 Å². The first kappa shape index (κ1) is 13.9. The second kappa shape index (κ2) is 5.62. The predicted octanol–water partition coefficient (Wildman–Crippen LogP) is 3.15. The van der Waals surface area contributed by atoms with Gasteiger partial charge in [0.1, 0.15) is 12.0 Å². The molecule has 0 aliphatic carbocycles. The highest BCUT2D eigenvalue weighted by atomic mass is 35.5. The van der Waals surface area contributed by atoms with Crippen molar-refractivity contribution in [2.75, 3.05) is 5.32 Å². The van der Waals surface area contributed by atoms with Crippen molar-refractivity contribution in [1.82, 2.24) is 0 Å². The number of benzene rings is 1. The fourth-order valence-electron chi connectivity index (χ4n) is 1.53. The number of carboxylic acid groups (broad SMARTS) is 1. The van der Waals surface area contributed by atoms with Crippen LogP contribution in [-0.4, -0.2) is 16.0 Å². The molecule has 2 N–H and O–H groups in total. The van der Waals surface area contributed by atoms with Gasteiger partial charge in [-0.1, -0.05) is 11.6 Å². The van der Waals surface area contributed by atoms with Gasteiger partial charge in [0, 0.05) is 12.1 Å². The van der Waals surface area contributed by atoms with Gasteiger partial charge in [-0.05, 0) is 12.1 Å². The number of aromatic carboxylic acids is 1. The zero-order chi connectivity index (χ0) is 14.7. The summed E-state index contributed by atoms with van der Waals surface area (Å²) in [6.07, 6.45) is 1.14. The molecule has 0 radical (unpaired) electrons. The Hall–Kier alpha value is -2.54. The lowest BCUT2D eigenvalue weighted by Gasteiger charge is -2.06. The number of nitrogens with zero attached hydrogens (tertiary/aromatic N) is 1. The first-order valence-electron chi connectivity index (χ1n) is 5.46. The summed E-state index contributed by atoms with van der Waals surface area (Å²) in [5.41, 5.74) is 0.439. The number of rotatable bonds is 5. The summed E-state index contributed by atoms with van der Waals surface area (Å²) in [4.78, 5) is 20.7. The van der Waals surface area contributed by atoms with E-state index in [9.17, 15) is 14.9 Å². The highest BCUT2D eigenvalue weighted by Gasteiger charge is 2.11. The lowest BCUT2D eigenvalue weighted by molar-refractivity contribution is -0.384. The maximum absolute atomic E-state index is 10.7. The van der Waals surface area contributed by atoms with Crippen LogP contribution in [0, 0.1) is 10.1 Å². The van der Waals surface area contributed by atoms with Crippen LogP contribution in [0.25, 0.3) is 0 Å². The summed E-state index contributed by atoms with van der Waals surface area (Å²) in [6.45, 7) is 0.213. The van der Waals surface area contributed by atoms with E-state index in [1.54, 1.807) is 0 Å². The molecule has 2 rings (SSSR count). The molecule has 0 amide bonds. The zero-order valence-electron chi connectivity index (χ0n) is 10.00. The summed E-state index contributed by atoms with van der Waals surface area (Å²) in [7, 11) is 0. The molecular weight excluding hydrogens is 288 g/mol. The number of carbonyl (C=O) groups is 1. The van der Waals surface area contributed by atoms with Crippen molar-refractivity contribution in [3.05, 3.63) is 57.0 Å². The van der Waals surface area contributed by atoms with Gasteiger partial charge in [-0.3, -0.25) is 10.1 Å². The molecular formula is C12H9ClN2O5. The average Bonchev–Trinajstić information content (AvgIpc) is 2.86. The molecule has 7 nitrogen and oxygen atoms in total. The number of halogens is 1. The summed E-state index contributed by atoms with van der Waals surface area (Å²) < 4.78 is 5.05. The van der Waals surface area contributed by atoms with E-state index in [1.807, 2.05) is 0 Å². The molecule has 1 aromatic carbocycles. The third kappa shape index (κ3) is 3.07. The van der Waals surface area contributed by atoms with E-state index in [0.29, 0.717) is 11.4 Å². The first-order chi connectivity index (χ1) is 9.47. The lowest BCUT2D eigenvalue weighted by Crippen LogP contribution is -1.99. The Morgan fingerprint density at radius 1 is 1.45 bits per heavy atom. The largest absolute Gasteiger partial charge is 0.478 e. The Morgan fingerprint density at radius 2 is 2.20 bits per heavy atom. The highest BCUT2D eigenvalue weighted by Crippen LogP contribution is 2.27. The van der Waals surface area contributed by atoms with Crippen molar-refractivity contribution in [2.24, 2.45) is 0 Å². The van der Waals surface area contributed by atoms with Crippen molar-refractivity contribution in [3.63, 3.8) is 0 Å². The van der Waals surface area contributed by atoms with Crippen LogP contribution in [0.1, 0.15) is 16.1 Å². The summed E-state index contributed by atoms with van der Waals surface area (Å²) >= 11 is 5.90. The quantitative estimate of drug-likeness (QED) is 0.648. The number of hydrogen-bond acceptors (Lipinski definition) is 5. The van der Waals surface area contributed by atoms with Crippen LogP contribution >= 0.6 is 11.6 Å². The maximum Gasteiger partial charge on any atom is 0.338 e. The minimum absolute atomic E-state index is 0.0524. The normalized spacial score (nSPS) is 10.2. The number of hydrogen-bond donors (Lipinski definition) is 2. The van der Waals surface area contributed by atoms with Crippen LogP contribution < -0.4 is 5.32 Å². The second-order valence-corrected chi connectivity index (χ2v) is 4.29. The van der Waals surface area contributed by atoms with Gasteiger partial charge in [-0.25, -0.2) is 4.79 Å². The molecule has 0 saturated heterocycles. The van der Waals surface area contributed by atoms with Gasteiger partial charge in [0.2, 0.25) is 0 Å². The topological polar surface area (TPSA) is 106 Å². The second-order valence-electron chi connectivity index (χ2n) is 3.88. The Kier molecular flexibility index (Phi) is 3.90. The summed E-state index contributed by atoms with van der Waals surface area (Å²) in [6, 6.07) is 5.41. The van der Waals surface area contributed by atoms with Crippen molar-refractivity contribution in [3.8, 4) is 0 Å². The van der Waals surface area contributed by atoms with Gasteiger partial charge >= 0.3 is 5.97 Å². The van der Waals surface area contributed by atoms with Gasteiger partial charge in [-0.15, -0.1) is 0 Å². The molecule has 0 atom stereocenters. The fourth-order valence-corrected chi connectivity index (χ4v) is 1.77. The number of non-ortho nitro benzene ring substituents is 1. The number of nitrogens with one attached hydrogen (secondary N) is 1. The van der Waals surface area contributed by atoms with Crippen molar-refractivity contribution >= 4 is 28.9 Å². The molecule has 2 aromatic rings. The predicted molar refractivity (Wildman–Crippen MR) is 71.1 cm³/mol. The Labute approximate surface area is 117 Å². The van der Waals surface area contributed by atoms with E-state index in [2.05, 4.69) is 5.32 Å². The van der Waals surface area contributed by atoms with Gasteiger partial charge in [0.15, 0.2) is 0 Å². The van der Waals surface area contributed by atoms with Crippen LogP contribution in [0.5, 0.6) is 0 Å². The smallest absolute Gasteiger partial charge is 0.338 e. The summed E-state index contributed by atoms with van der Waals surface area (Å²) in [5.74, 6) is -0.662. The van der Waals surface area contributed by atoms with E-state index in [-0.39, 0.29) is 22.8 Å². The number of anilines is 1. The molecule has 0 saturated carbocycles. The standard InChI is InChI=1S/C12H9ClN2O5/c13-10-4-8(15(18)19)1-2-11(10)14-5-9-3-7(6-20-9)12(16)17/h1-4,6,14H,5H2,(H,16,17). The van der Waals surface area contributed by atoms with Gasteiger partial charge < -0.3 is 14.8 Å². The first-order valence-corrected chi connectivity index (χ1v) is 5.83. The van der Waals surface area contributed by atoms with E-state index >= 15 is 0 Å². The maximum atomic E-state index is 10.7. The molecule has 104 valence electrons. The summed E-state index contributed by atoms with van der Waals surface area (Å²) in [5, 5.41) is 22.4. The van der Waals surface area contributed by atoms with Crippen molar-refractivity contribution < 1.29 is 19.2 Å². The fraction of sp³-hybridized carbons (Fsp3) is 0.0833. The van der Waals surface area contributed by atoms with Gasteiger partial charge in [0.25, 0.3) is 5.69 Å². The molecule has 20 heavy (non-hydrogen) atoms. The Bertz CT molecular complexity index is 668. The van der Waals surface area contributed by atoms with Crippen LogP contribution in [-0.2, 0) is 6.54 Å².